The zero-order valence-electron chi connectivity index (χ0n) is 11.4. The molecule has 0 aromatic heterocycles. The Morgan fingerprint density at radius 2 is 2.00 bits per heavy atom. The second-order valence-electron chi connectivity index (χ2n) is 5.48. The van der Waals surface area contributed by atoms with Crippen molar-refractivity contribution in [2.24, 2.45) is 5.73 Å². The number of phenols is 2. The van der Waals surface area contributed by atoms with E-state index in [2.05, 4.69) is 5.43 Å². The van der Waals surface area contributed by atoms with Crippen molar-refractivity contribution in [1.82, 2.24) is 5.43 Å². The predicted octanol–water partition coefficient (Wildman–Crippen LogP) is -0.113. The number of rotatable bonds is 4. The van der Waals surface area contributed by atoms with Crippen molar-refractivity contribution < 1.29 is 15.2 Å². The average Bonchev–Trinajstić information content (AvgIpc) is 2.37. The number of nitrogens with one attached hydrogen (secondary N) is 2. The standard InChI is InChI=1S/C14H23N3O2/c1-17(16-12-5-3-2-4-11(12)15)9-10-6-7-13(18)14(19)8-10/h6-8,11-12,16,18-19H,2-5,9,15H2,1H3/p+1. The van der Waals surface area contributed by atoms with Gasteiger partial charge in [-0.3, -0.25) is 5.01 Å². The number of quaternary nitrogens is 1. The largest absolute Gasteiger partial charge is 0.504 e. The number of hydrogen-bond donors (Lipinski definition) is 5. The molecule has 1 aliphatic rings. The van der Waals surface area contributed by atoms with Crippen LogP contribution in [0.2, 0.25) is 0 Å². The van der Waals surface area contributed by atoms with E-state index in [1.54, 1.807) is 6.07 Å². The van der Waals surface area contributed by atoms with Crippen molar-refractivity contribution in [3.63, 3.8) is 0 Å². The van der Waals surface area contributed by atoms with Crippen LogP contribution < -0.4 is 16.2 Å². The monoisotopic (exact) mass is 266 g/mol. The number of nitrogens with two attached hydrogens (primary N) is 1. The fraction of sp³-hybridized carbons (Fsp3) is 0.571. The van der Waals surface area contributed by atoms with Crippen molar-refractivity contribution in [3.8, 4) is 11.5 Å². The molecule has 1 aromatic carbocycles. The maximum Gasteiger partial charge on any atom is 0.157 e. The smallest absolute Gasteiger partial charge is 0.157 e. The van der Waals surface area contributed by atoms with E-state index in [-0.39, 0.29) is 17.5 Å². The van der Waals surface area contributed by atoms with Crippen LogP contribution in [-0.4, -0.2) is 29.3 Å². The van der Waals surface area contributed by atoms with Crippen LogP contribution in [0, 0.1) is 0 Å². The Hall–Kier alpha value is -1.30. The van der Waals surface area contributed by atoms with Gasteiger partial charge >= 0.3 is 0 Å². The van der Waals surface area contributed by atoms with Gasteiger partial charge in [0.15, 0.2) is 11.5 Å². The number of hydrogen-bond acceptors (Lipinski definition) is 4. The van der Waals surface area contributed by atoms with E-state index in [4.69, 9.17) is 5.73 Å². The highest BCUT2D eigenvalue weighted by molar-refractivity contribution is 5.40. The average molecular weight is 266 g/mol. The van der Waals surface area contributed by atoms with Crippen molar-refractivity contribution in [2.75, 3.05) is 7.05 Å². The van der Waals surface area contributed by atoms with Gasteiger partial charge in [-0.25, -0.2) is 0 Å². The van der Waals surface area contributed by atoms with Crippen LogP contribution in [0.3, 0.4) is 0 Å². The van der Waals surface area contributed by atoms with Crippen LogP contribution >= 0.6 is 0 Å². The first-order valence-corrected chi connectivity index (χ1v) is 6.91. The van der Waals surface area contributed by atoms with Crippen LogP contribution in [0.1, 0.15) is 31.2 Å². The van der Waals surface area contributed by atoms with Gasteiger partial charge in [-0.15, -0.1) is 0 Å². The molecule has 1 aromatic rings. The quantitative estimate of drug-likeness (QED) is 0.389. The maximum atomic E-state index is 9.48. The topological polar surface area (TPSA) is 83.0 Å². The Morgan fingerprint density at radius 1 is 1.26 bits per heavy atom. The molecule has 6 N–H and O–H groups in total. The predicted molar refractivity (Wildman–Crippen MR) is 73.7 cm³/mol. The van der Waals surface area contributed by atoms with Gasteiger partial charge in [0.1, 0.15) is 6.54 Å². The summed E-state index contributed by atoms with van der Waals surface area (Å²) in [5, 5.41) is 19.9. The Balaban J connectivity index is 1.89. The molecule has 0 heterocycles. The first-order valence-electron chi connectivity index (χ1n) is 6.91. The summed E-state index contributed by atoms with van der Waals surface area (Å²) in [7, 11) is 2.05. The molecule has 5 nitrogen and oxygen atoms in total. The summed E-state index contributed by atoms with van der Waals surface area (Å²) in [6, 6.07) is 5.53. The van der Waals surface area contributed by atoms with Crippen molar-refractivity contribution in [2.45, 2.75) is 44.3 Å². The zero-order chi connectivity index (χ0) is 13.8. The second kappa shape index (κ2) is 6.23. The number of phenolic OH excluding ortho intramolecular Hbond substituents is 2. The lowest BCUT2D eigenvalue weighted by Crippen LogP contribution is -3.16. The Kier molecular flexibility index (Phi) is 4.63. The van der Waals surface area contributed by atoms with E-state index >= 15 is 0 Å². The van der Waals surface area contributed by atoms with Crippen LogP contribution in [0.25, 0.3) is 0 Å². The molecule has 0 aliphatic heterocycles. The molecule has 2 rings (SSSR count). The molecule has 0 saturated heterocycles. The number of benzene rings is 1. The van der Waals surface area contributed by atoms with E-state index in [0.717, 1.165) is 30.0 Å². The Bertz CT molecular complexity index is 425. The second-order valence-corrected chi connectivity index (χ2v) is 5.48. The normalized spacial score (nSPS) is 25.2. The first kappa shape index (κ1) is 14.1. The molecule has 1 aliphatic carbocycles. The summed E-state index contributed by atoms with van der Waals surface area (Å²) < 4.78 is 0. The van der Waals surface area contributed by atoms with E-state index in [0.29, 0.717) is 6.04 Å². The van der Waals surface area contributed by atoms with E-state index < -0.39 is 0 Å². The zero-order valence-corrected chi connectivity index (χ0v) is 11.4. The van der Waals surface area contributed by atoms with Gasteiger partial charge < -0.3 is 15.9 Å². The van der Waals surface area contributed by atoms with Crippen molar-refractivity contribution in [1.29, 1.82) is 0 Å². The molecule has 1 saturated carbocycles. The molecule has 19 heavy (non-hydrogen) atoms. The third-order valence-corrected chi connectivity index (χ3v) is 3.76. The molecular weight excluding hydrogens is 242 g/mol. The fourth-order valence-corrected chi connectivity index (χ4v) is 2.69. The van der Waals surface area contributed by atoms with Gasteiger partial charge in [0.25, 0.3) is 0 Å². The van der Waals surface area contributed by atoms with Crippen LogP contribution in [0.5, 0.6) is 11.5 Å². The highest BCUT2D eigenvalue weighted by Gasteiger charge is 2.24. The van der Waals surface area contributed by atoms with Gasteiger partial charge in [0.2, 0.25) is 0 Å². The summed E-state index contributed by atoms with van der Waals surface area (Å²) in [6.45, 7) is 0.733. The molecule has 3 atom stereocenters. The lowest BCUT2D eigenvalue weighted by Gasteiger charge is -2.30. The Morgan fingerprint density at radius 3 is 2.68 bits per heavy atom. The fourth-order valence-electron chi connectivity index (χ4n) is 2.69. The van der Waals surface area contributed by atoms with E-state index in [1.807, 2.05) is 13.1 Å². The summed E-state index contributed by atoms with van der Waals surface area (Å²) in [5.41, 5.74) is 10.6. The third kappa shape index (κ3) is 3.83. The lowest BCUT2D eigenvalue weighted by atomic mass is 9.91. The molecule has 0 amide bonds. The van der Waals surface area contributed by atoms with Crippen LogP contribution in [0.4, 0.5) is 0 Å². The van der Waals surface area contributed by atoms with Gasteiger partial charge in [-0.1, -0.05) is 12.8 Å². The highest BCUT2D eigenvalue weighted by atomic mass is 16.3. The Labute approximate surface area is 114 Å². The lowest BCUT2D eigenvalue weighted by molar-refractivity contribution is -0.943. The van der Waals surface area contributed by atoms with Crippen molar-refractivity contribution >= 4 is 0 Å². The molecule has 106 valence electrons. The minimum Gasteiger partial charge on any atom is -0.504 e. The summed E-state index contributed by atoms with van der Waals surface area (Å²) in [4.78, 5) is 0. The van der Waals surface area contributed by atoms with Gasteiger partial charge in [0.05, 0.1) is 13.1 Å². The minimum atomic E-state index is -0.0799. The molecule has 3 unspecified atom stereocenters. The van der Waals surface area contributed by atoms with Gasteiger partial charge in [-0.2, -0.15) is 5.43 Å². The molecule has 5 heteroatoms. The SMILES string of the molecule is C[NH+](Cc1ccc(O)c(O)c1)NC1CCCCC1N. The molecule has 0 radical (unpaired) electrons. The number of aromatic hydroxyl groups is 2. The van der Waals surface area contributed by atoms with Crippen LogP contribution in [-0.2, 0) is 6.54 Å². The summed E-state index contributed by atoms with van der Waals surface area (Å²) in [6.07, 6.45) is 4.67. The summed E-state index contributed by atoms with van der Waals surface area (Å²) in [5.74, 6) is -0.150. The van der Waals surface area contributed by atoms with E-state index in [9.17, 15) is 10.2 Å². The molecule has 0 bridgehead atoms. The molecular formula is C14H24N3O2+. The van der Waals surface area contributed by atoms with Crippen LogP contribution in [0.15, 0.2) is 18.2 Å². The van der Waals surface area contributed by atoms with Gasteiger partial charge in [0, 0.05) is 11.6 Å². The minimum absolute atomic E-state index is 0.0698. The van der Waals surface area contributed by atoms with Gasteiger partial charge in [-0.05, 0) is 31.0 Å². The third-order valence-electron chi connectivity index (χ3n) is 3.76. The maximum absolute atomic E-state index is 9.48. The highest BCUT2D eigenvalue weighted by Crippen LogP contribution is 2.24. The molecule has 0 spiro atoms. The first-order chi connectivity index (χ1) is 9.06. The summed E-state index contributed by atoms with van der Waals surface area (Å²) >= 11 is 0. The van der Waals surface area contributed by atoms with E-state index in [1.165, 1.54) is 18.9 Å². The van der Waals surface area contributed by atoms with Crippen molar-refractivity contribution in [3.05, 3.63) is 23.8 Å². The molecule has 1 fully saturated rings.